The molecule has 0 spiro atoms. The summed E-state index contributed by atoms with van der Waals surface area (Å²) >= 11 is 0. The van der Waals surface area contributed by atoms with Crippen molar-refractivity contribution >= 4 is 6.03 Å². The molecule has 1 atom stereocenters. The summed E-state index contributed by atoms with van der Waals surface area (Å²) in [4.78, 5) is 14.1. The van der Waals surface area contributed by atoms with E-state index in [9.17, 15) is 4.79 Å². The van der Waals surface area contributed by atoms with E-state index < -0.39 is 0 Å². The van der Waals surface area contributed by atoms with Crippen LogP contribution >= 0.6 is 0 Å². The van der Waals surface area contributed by atoms with Gasteiger partial charge in [-0.1, -0.05) is 30.3 Å². The van der Waals surface area contributed by atoms with Crippen molar-refractivity contribution in [1.82, 2.24) is 20.4 Å². The number of carbonyl (C=O) groups is 1. The average Bonchev–Trinajstić information content (AvgIpc) is 3.14. The summed E-state index contributed by atoms with van der Waals surface area (Å²) < 4.78 is 5.96. The fourth-order valence-electron chi connectivity index (χ4n) is 4.12. The summed E-state index contributed by atoms with van der Waals surface area (Å²) in [6, 6.07) is 12.4. The first kappa shape index (κ1) is 19.4. The van der Waals surface area contributed by atoms with Gasteiger partial charge in [0.2, 0.25) is 0 Å². The van der Waals surface area contributed by atoms with Gasteiger partial charge in [0.25, 0.3) is 0 Å². The maximum atomic E-state index is 12.4. The second kappa shape index (κ2) is 8.13. The first-order valence-electron chi connectivity index (χ1n) is 9.57. The summed E-state index contributed by atoms with van der Waals surface area (Å²) in [7, 11) is 1.79. The van der Waals surface area contributed by atoms with E-state index >= 15 is 0 Å². The minimum absolute atomic E-state index is 0.0260. The second-order valence-corrected chi connectivity index (χ2v) is 8.10. The van der Waals surface area contributed by atoms with E-state index in [-0.39, 0.29) is 17.0 Å². The molecule has 1 saturated heterocycles. The molecule has 2 amide bonds. The van der Waals surface area contributed by atoms with Gasteiger partial charge in [0.15, 0.2) is 0 Å². The van der Waals surface area contributed by atoms with E-state index in [4.69, 9.17) is 4.74 Å². The zero-order valence-corrected chi connectivity index (χ0v) is 16.5. The zero-order chi connectivity index (χ0) is 19.3. The Hall–Kier alpha value is -2.34. The molecule has 0 unspecified atom stereocenters. The highest BCUT2D eigenvalue weighted by molar-refractivity contribution is 5.73. The van der Waals surface area contributed by atoms with Gasteiger partial charge in [0, 0.05) is 31.8 Å². The molecule has 1 aliphatic rings. The van der Waals surface area contributed by atoms with Gasteiger partial charge in [-0.2, -0.15) is 5.10 Å². The van der Waals surface area contributed by atoms with Crippen molar-refractivity contribution < 1.29 is 9.53 Å². The number of hydrogen-bond acceptors (Lipinski definition) is 3. The van der Waals surface area contributed by atoms with Gasteiger partial charge in [0.05, 0.1) is 17.8 Å². The Morgan fingerprint density at radius 3 is 2.74 bits per heavy atom. The van der Waals surface area contributed by atoms with Crippen molar-refractivity contribution in [1.29, 1.82) is 0 Å². The topological polar surface area (TPSA) is 70.2 Å². The first-order valence-corrected chi connectivity index (χ1v) is 9.57. The number of urea groups is 1. The molecule has 2 heterocycles. The van der Waals surface area contributed by atoms with Crippen LogP contribution in [0.4, 0.5) is 4.79 Å². The molecule has 1 fully saturated rings. The molecule has 27 heavy (non-hydrogen) atoms. The van der Waals surface area contributed by atoms with Gasteiger partial charge >= 0.3 is 6.03 Å². The predicted molar refractivity (Wildman–Crippen MR) is 105 cm³/mol. The second-order valence-electron chi connectivity index (χ2n) is 8.10. The van der Waals surface area contributed by atoms with Crippen LogP contribution in [0.1, 0.15) is 44.4 Å². The summed E-state index contributed by atoms with van der Waals surface area (Å²) in [6.07, 6.45) is 4.51. The Balaban J connectivity index is 1.62. The highest BCUT2D eigenvalue weighted by Crippen LogP contribution is 2.43. The molecule has 1 aromatic heterocycles. The molecule has 0 saturated carbocycles. The van der Waals surface area contributed by atoms with Crippen LogP contribution in [0, 0.1) is 0 Å². The van der Waals surface area contributed by atoms with Crippen LogP contribution in [-0.2, 0) is 16.7 Å². The number of benzene rings is 1. The van der Waals surface area contributed by atoms with Gasteiger partial charge in [-0.15, -0.1) is 0 Å². The van der Waals surface area contributed by atoms with E-state index in [0.29, 0.717) is 13.1 Å². The van der Waals surface area contributed by atoms with E-state index in [1.54, 1.807) is 18.1 Å². The lowest BCUT2D eigenvalue weighted by molar-refractivity contribution is -0.0838. The molecular formula is C21H30N4O2. The SMILES string of the molecule is CN(Cc1ccn[nH]1)C(=O)NCC[C@@]1(c2ccccc2)CCOC(C)(C)C1. The third-order valence-corrected chi connectivity index (χ3v) is 5.42. The maximum absolute atomic E-state index is 12.4. The van der Waals surface area contributed by atoms with E-state index in [1.165, 1.54) is 5.56 Å². The largest absolute Gasteiger partial charge is 0.376 e. The van der Waals surface area contributed by atoms with Crippen LogP contribution in [-0.4, -0.2) is 46.9 Å². The van der Waals surface area contributed by atoms with Crippen molar-refractivity contribution in [3.05, 3.63) is 53.9 Å². The van der Waals surface area contributed by atoms with Crippen LogP contribution in [0.25, 0.3) is 0 Å². The fourth-order valence-corrected chi connectivity index (χ4v) is 4.12. The number of rotatable bonds is 6. The van der Waals surface area contributed by atoms with Crippen molar-refractivity contribution in [3.63, 3.8) is 0 Å². The van der Waals surface area contributed by atoms with Crippen LogP contribution in [0.15, 0.2) is 42.6 Å². The van der Waals surface area contributed by atoms with Gasteiger partial charge in [-0.25, -0.2) is 4.79 Å². The summed E-state index contributed by atoms with van der Waals surface area (Å²) in [6.45, 7) is 6.20. The van der Waals surface area contributed by atoms with Gasteiger partial charge < -0.3 is 15.0 Å². The molecule has 6 heteroatoms. The van der Waals surface area contributed by atoms with E-state index in [0.717, 1.165) is 31.6 Å². The highest BCUT2D eigenvalue weighted by atomic mass is 16.5. The zero-order valence-electron chi connectivity index (χ0n) is 16.5. The average molecular weight is 370 g/mol. The standard InChI is InChI=1S/C21H30N4O2/c1-20(2)16-21(11-14-27-20,17-7-5-4-6-8-17)10-13-22-19(26)25(3)15-18-9-12-23-24-18/h4-9,12H,10-11,13-16H2,1-3H3,(H,22,26)(H,23,24)/t21-/m1/s1. The van der Waals surface area contributed by atoms with Crippen LogP contribution < -0.4 is 5.32 Å². The Morgan fingerprint density at radius 1 is 1.30 bits per heavy atom. The monoisotopic (exact) mass is 370 g/mol. The van der Waals surface area contributed by atoms with Gasteiger partial charge in [-0.3, -0.25) is 5.10 Å². The van der Waals surface area contributed by atoms with Crippen molar-refractivity contribution in [2.75, 3.05) is 20.2 Å². The van der Waals surface area contributed by atoms with Crippen molar-refractivity contribution in [2.24, 2.45) is 0 Å². The minimum atomic E-state index is -0.157. The molecule has 0 aliphatic carbocycles. The van der Waals surface area contributed by atoms with E-state index in [1.807, 2.05) is 12.1 Å². The Bertz CT molecular complexity index is 730. The molecular weight excluding hydrogens is 340 g/mol. The maximum Gasteiger partial charge on any atom is 0.317 e. The smallest absolute Gasteiger partial charge is 0.317 e. The molecule has 0 radical (unpaired) electrons. The van der Waals surface area contributed by atoms with Crippen LogP contribution in [0.3, 0.4) is 0 Å². The normalized spacial score (nSPS) is 21.6. The molecule has 3 rings (SSSR count). The third-order valence-electron chi connectivity index (χ3n) is 5.42. The summed E-state index contributed by atoms with van der Waals surface area (Å²) in [5, 5.41) is 9.88. The number of aromatic amines is 1. The van der Waals surface area contributed by atoms with Crippen LogP contribution in [0.5, 0.6) is 0 Å². The number of carbonyl (C=O) groups excluding carboxylic acids is 1. The lowest BCUT2D eigenvalue weighted by Crippen LogP contribution is -2.46. The van der Waals surface area contributed by atoms with Crippen molar-refractivity contribution in [3.8, 4) is 0 Å². The predicted octanol–water partition coefficient (Wildman–Crippen LogP) is 3.47. The lowest BCUT2D eigenvalue weighted by Gasteiger charge is -2.45. The number of hydrogen-bond donors (Lipinski definition) is 2. The van der Waals surface area contributed by atoms with Gasteiger partial charge in [0.1, 0.15) is 0 Å². The molecule has 146 valence electrons. The number of amides is 2. The summed E-state index contributed by atoms with van der Waals surface area (Å²) in [5.74, 6) is 0. The minimum Gasteiger partial charge on any atom is -0.376 e. The number of nitrogens with zero attached hydrogens (tertiary/aromatic N) is 2. The number of ether oxygens (including phenoxy) is 1. The molecule has 2 aromatic rings. The lowest BCUT2D eigenvalue weighted by atomic mass is 9.67. The quantitative estimate of drug-likeness (QED) is 0.818. The molecule has 1 aromatic carbocycles. The number of nitrogens with one attached hydrogen (secondary N) is 2. The molecule has 0 bridgehead atoms. The Kier molecular flexibility index (Phi) is 5.85. The van der Waals surface area contributed by atoms with E-state index in [2.05, 4.69) is 53.6 Å². The highest BCUT2D eigenvalue weighted by Gasteiger charge is 2.41. The molecule has 2 N–H and O–H groups in total. The fraction of sp³-hybridized carbons (Fsp3) is 0.524. The Morgan fingerprint density at radius 2 is 2.07 bits per heavy atom. The molecule has 1 aliphatic heterocycles. The first-order chi connectivity index (χ1) is 12.9. The summed E-state index contributed by atoms with van der Waals surface area (Å²) in [5.41, 5.74) is 2.12. The van der Waals surface area contributed by atoms with Gasteiger partial charge in [-0.05, 0) is 44.7 Å². The number of H-pyrrole nitrogens is 1. The third kappa shape index (κ3) is 4.89. The molecule has 6 nitrogen and oxygen atoms in total. The van der Waals surface area contributed by atoms with Crippen LogP contribution in [0.2, 0.25) is 0 Å². The Labute approximate surface area is 161 Å². The number of aromatic nitrogens is 2. The van der Waals surface area contributed by atoms with Crippen molar-refractivity contribution in [2.45, 2.75) is 50.7 Å².